The average molecular weight is 166 g/mol. The van der Waals surface area contributed by atoms with E-state index in [1.807, 2.05) is 52.0 Å². The van der Waals surface area contributed by atoms with Crippen molar-refractivity contribution in [3.63, 3.8) is 0 Å². The highest BCUT2D eigenvalue weighted by Crippen LogP contribution is 2.09. The number of hydrogen-bond acceptors (Lipinski definition) is 1. The molecule has 0 N–H and O–H groups in total. The first-order chi connectivity index (χ1) is 5.63. The summed E-state index contributed by atoms with van der Waals surface area (Å²) in [5.41, 5.74) is 0. The fourth-order valence-corrected chi connectivity index (χ4v) is 1.18. The Morgan fingerprint density at radius 3 is 1.58 bits per heavy atom. The molecule has 0 saturated carbocycles. The number of carbonyl (C=O) groups excluding carboxylic acids is 1. The Labute approximate surface area is 75.2 Å². The molecule has 0 fully saturated rings. The molecule has 0 aromatic rings. The molecule has 2 unspecified atom stereocenters. The van der Waals surface area contributed by atoms with E-state index in [1.165, 1.54) is 0 Å². The number of ketones is 1. The third kappa shape index (κ3) is 3.51. The first-order valence-electron chi connectivity index (χ1n) is 4.42. The maximum Gasteiger partial charge on any atom is 0.145 e. The van der Waals surface area contributed by atoms with E-state index >= 15 is 0 Å². The van der Waals surface area contributed by atoms with E-state index in [0.29, 0.717) is 0 Å². The molecule has 0 aromatic carbocycles. The van der Waals surface area contributed by atoms with Gasteiger partial charge in [0, 0.05) is 11.8 Å². The number of allylic oxidation sites excluding steroid dienone is 4. The van der Waals surface area contributed by atoms with E-state index < -0.39 is 0 Å². The maximum atomic E-state index is 11.5. The Balaban J connectivity index is 4.18. The minimum absolute atomic E-state index is 0.0428. The molecule has 12 heavy (non-hydrogen) atoms. The van der Waals surface area contributed by atoms with Crippen LogP contribution in [0.15, 0.2) is 24.3 Å². The molecule has 68 valence electrons. The summed E-state index contributed by atoms with van der Waals surface area (Å²) in [4.78, 5) is 11.5. The normalized spacial score (nSPS) is 17.0. The SMILES string of the molecule is C/C=C/C(C)C(=O)C(C)/C=C/C. The molecule has 0 aromatic heterocycles. The van der Waals surface area contributed by atoms with Gasteiger partial charge in [0.15, 0.2) is 0 Å². The van der Waals surface area contributed by atoms with Crippen molar-refractivity contribution in [1.82, 2.24) is 0 Å². The second-order valence-corrected chi connectivity index (χ2v) is 3.03. The van der Waals surface area contributed by atoms with Gasteiger partial charge in [0.25, 0.3) is 0 Å². The fraction of sp³-hybridized carbons (Fsp3) is 0.545. The van der Waals surface area contributed by atoms with Gasteiger partial charge in [-0.25, -0.2) is 0 Å². The molecular weight excluding hydrogens is 148 g/mol. The summed E-state index contributed by atoms with van der Waals surface area (Å²) in [6, 6.07) is 0. The highest BCUT2D eigenvalue weighted by molar-refractivity contribution is 5.85. The second-order valence-electron chi connectivity index (χ2n) is 3.03. The molecule has 0 rings (SSSR count). The molecule has 1 heteroatoms. The molecular formula is C11H18O. The van der Waals surface area contributed by atoms with E-state index in [4.69, 9.17) is 0 Å². The maximum absolute atomic E-state index is 11.5. The predicted octanol–water partition coefficient (Wildman–Crippen LogP) is 2.98. The fourth-order valence-electron chi connectivity index (χ4n) is 1.18. The first kappa shape index (κ1) is 11.2. The van der Waals surface area contributed by atoms with Crippen LogP contribution >= 0.6 is 0 Å². The second kappa shape index (κ2) is 5.76. The van der Waals surface area contributed by atoms with Crippen LogP contribution in [0.5, 0.6) is 0 Å². The zero-order valence-electron chi connectivity index (χ0n) is 8.37. The summed E-state index contributed by atoms with van der Waals surface area (Å²) in [5, 5.41) is 0. The summed E-state index contributed by atoms with van der Waals surface area (Å²) in [5.74, 6) is 0.369. The lowest BCUT2D eigenvalue weighted by Crippen LogP contribution is -2.15. The summed E-state index contributed by atoms with van der Waals surface area (Å²) in [7, 11) is 0. The molecule has 0 aliphatic carbocycles. The molecule has 0 bridgehead atoms. The lowest BCUT2D eigenvalue weighted by atomic mass is 9.95. The van der Waals surface area contributed by atoms with Crippen molar-refractivity contribution in [2.24, 2.45) is 11.8 Å². The van der Waals surface area contributed by atoms with Crippen LogP contribution in [0.2, 0.25) is 0 Å². The number of Topliss-reactive ketones (excluding diaryl/α,β-unsaturated/α-hetero) is 1. The van der Waals surface area contributed by atoms with Gasteiger partial charge in [-0.2, -0.15) is 0 Å². The smallest absolute Gasteiger partial charge is 0.145 e. The van der Waals surface area contributed by atoms with Crippen LogP contribution in [-0.2, 0) is 4.79 Å². The van der Waals surface area contributed by atoms with Crippen LogP contribution in [0.1, 0.15) is 27.7 Å². The van der Waals surface area contributed by atoms with Gasteiger partial charge < -0.3 is 0 Å². The van der Waals surface area contributed by atoms with Gasteiger partial charge in [-0.05, 0) is 13.8 Å². The van der Waals surface area contributed by atoms with Crippen molar-refractivity contribution in [1.29, 1.82) is 0 Å². The van der Waals surface area contributed by atoms with E-state index in [2.05, 4.69) is 0 Å². The summed E-state index contributed by atoms with van der Waals surface area (Å²) < 4.78 is 0. The van der Waals surface area contributed by atoms with Crippen LogP contribution in [0.25, 0.3) is 0 Å². The summed E-state index contributed by atoms with van der Waals surface area (Å²) in [6.45, 7) is 7.74. The van der Waals surface area contributed by atoms with E-state index in [-0.39, 0.29) is 17.6 Å². The first-order valence-corrected chi connectivity index (χ1v) is 4.42. The van der Waals surface area contributed by atoms with Crippen molar-refractivity contribution in [3.8, 4) is 0 Å². The number of rotatable bonds is 4. The van der Waals surface area contributed by atoms with Gasteiger partial charge in [0.2, 0.25) is 0 Å². The van der Waals surface area contributed by atoms with Crippen LogP contribution < -0.4 is 0 Å². The topological polar surface area (TPSA) is 17.1 Å². The Morgan fingerprint density at radius 1 is 1.00 bits per heavy atom. The van der Waals surface area contributed by atoms with Gasteiger partial charge in [0.05, 0.1) is 0 Å². The van der Waals surface area contributed by atoms with Crippen LogP contribution in [0.3, 0.4) is 0 Å². The quantitative estimate of drug-likeness (QED) is 0.587. The zero-order chi connectivity index (χ0) is 9.56. The van der Waals surface area contributed by atoms with Crippen molar-refractivity contribution in [2.75, 3.05) is 0 Å². The number of hydrogen-bond donors (Lipinski definition) is 0. The molecule has 0 amide bonds. The Morgan fingerprint density at radius 2 is 1.33 bits per heavy atom. The third-order valence-electron chi connectivity index (χ3n) is 1.86. The van der Waals surface area contributed by atoms with E-state index in [9.17, 15) is 4.79 Å². The lowest BCUT2D eigenvalue weighted by molar-refractivity contribution is -0.123. The minimum atomic E-state index is 0.0428. The van der Waals surface area contributed by atoms with Crippen LogP contribution in [-0.4, -0.2) is 5.78 Å². The third-order valence-corrected chi connectivity index (χ3v) is 1.86. The molecule has 1 nitrogen and oxygen atoms in total. The standard InChI is InChI=1S/C11H18O/c1-5-7-9(3)11(12)10(4)8-6-2/h5-10H,1-4H3/b7-5+,8-6+. The van der Waals surface area contributed by atoms with E-state index in [0.717, 1.165) is 0 Å². The Bertz CT molecular complexity index is 169. The highest BCUT2D eigenvalue weighted by atomic mass is 16.1. The van der Waals surface area contributed by atoms with Crippen molar-refractivity contribution in [3.05, 3.63) is 24.3 Å². The lowest BCUT2D eigenvalue weighted by Gasteiger charge is -2.08. The monoisotopic (exact) mass is 166 g/mol. The minimum Gasteiger partial charge on any atom is -0.298 e. The summed E-state index contributed by atoms with van der Waals surface area (Å²) in [6.07, 6.45) is 7.71. The average Bonchev–Trinajstić information content (AvgIpc) is 2.04. The van der Waals surface area contributed by atoms with Gasteiger partial charge in [-0.3, -0.25) is 4.79 Å². The largest absolute Gasteiger partial charge is 0.298 e. The van der Waals surface area contributed by atoms with Gasteiger partial charge >= 0.3 is 0 Å². The Hall–Kier alpha value is -0.850. The number of carbonyl (C=O) groups is 1. The zero-order valence-corrected chi connectivity index (χ0v) is 8.37. The Kier molecular flexibility index (Phi) is 5.35. The van der Waals surface area contributed by atoms with E-state index in [1.54, 1.807) is 0 Å². The van der Waals surface area contributed by atoms with Gasteiger partial charge in [0.1, 0.15) is 5.78 Å². The molecule has 0 heterocycles. The predicted molar refractivity (Wildman–Crippen MR) is 53.0 cm³/mol. The molecule has 0 saturated heterocycles. The highest BCUT2D eigenvalue weighted by Gasteiger charge is 2.14. The van der Waals surface area contributed by atoms with Crippen molar-refractivity contribution >= 4 is 5.78 Å². The van der Waals surface area contributed by atoms with Gasteiger partial charge in [-0.15, -0.1) is 0 Å². The van der Waals surface area contributed by atoms with Crippen molar-refractivity contribution < 1.29 is 4.79 Å². The van der Waals surface area contributed by atoms with Gasteiger partial charge in [-0.1, -0.05) is 38.2 Å². The molecule has 0 aliphatic heterocycles. The summed E-state index contributed by atoms with van der Waals surface area (Å²) >= 11 is 0. The van der Waals surface area contributed by atoms with Crippen LogP contribution in [0, 0.1) is 11.8 Å². The molecule has 0 aliphatic rings. The molecule has 0 spiro atoms. The van der Waals surface area contributed by atoms with Crippen LogP contribution in [0.4, 0.5) is 0 Å². The molecule has 0 radical (unpaired) electrons. The van der Waals surface area contributed by atoms with Crippen molar-refractivity contribution in [2.45, 2.75) is 27.7 Å². The molecule has 2 atom stereocenters.